The number of fused-ring (bicyclic) bond motifs is 2. The Kier molecular flexibility index (Phi) is 6.95. The van der Waals surface area contributed by atoms with Crippen LogP contribution >= 0.6 is 0 Å². The Labute approximate surface area is 290 Å². The van der Waals surface area contributed by atoms with Crippen molar-refractivity contribution in [1.82, 2.24) is 8.80 Å². The fraction of sp³-hybridized carbons (Fsp3) is 0.182. The molecule has 0 radical (unpaired) electrons. The van der Waals surface area contributed by atoms with Gasteiger partial charge in [-0.05, 0) is 46.5 Å². The third-order valence-electron chi connectivity index (χ3n) is 11.4. The Morgan fingerprint density at radius 2 is 0.776 bits per heavy atom. The predicted molar refractivity (Wildman–Crippen MR) is 203 cm³/mol. The van der Waals surface area contributed by atoms with E-state index in [4.69, 9.17) is 9.98 Å². The van der Waals surface area contributed by atoms with E-state index >= 15 is 0 Å². The SMILES string of the molecule is C1=C[C@@H]2N=C1C(c1ccccc1)[C@@H]1C=CC3[C@H](c4ccccc4)C4=N[C@H](C=C4)C(c4ccccc4)c4ccc(n4[SiH2]N31)C2c1ccccc1. The molecule has 5 aliphatic rings. The van der Waals surface area contributed by atoms with Crippen molar-refractivity contribution in [2.45, 2.75) is 47.8 Å². The quantitative estimate of drug-likeness (QED) is 0.146. The lowest BCUT2D eigenvalue weighted by molar-refractivity contribution is 0.325. The second-order valence-corrected chi connectivity index (χ2v) is 15.6. The molecule has 5 aromatic rings. The molecule has 4 aromatic carbocycles. The van der Waals surface area contributed by atoms with Gasteiger partial charge in [-0.15, -0.1) is 0 Å². The number of allylic oxidation sites excluding steroid dienone is 2. The van der Waals surface area contributed by atoms with Gasteiger partial charge in [-0.3, -0.25) is 14.6 Å². The molecule has 10 rings (SSSR count). The summed E-state index contributed by atoms with van der Waals surface area (Å²) in [7, 11) is -1.10. The van der Waals surface area contributed by atoms with E-state index in [0.717, 1.165) is 0 Å². The highest BCUT2D eigenvalue weighted by Crippen LogP contribution is 2.45. The Morgan fingerprint density at radius 3 is 1.16 bits per heavy atom. The summed E-state index contributed by atoms with van der Waals surface area (Å²) < 4.78 is 5.70. The zero-order valence-corrected chi connectivity index (χ0v) is 28.7. The second kappa shape index (κ2) is 11.8. The van der Waals surface area contributed by atoms with Crippen molar-refractivity contribution in [2.24, 2.45) is 9.98 Å². The molecule has 4 unspecified atom stereocenters. The van der Waals surface area contributed by atoms with E-state index in [0.29, 0.717) is 0 Å². The van der Waals surface area contributed by atoms with Crippen LogP contribution in [-0.2, 0) is 0 Å². The minimum Gasteiger partial charge on any atom is -0.366 e. The summed E-state index contributed by atoms with van der Waals surface area (Å²) in [5.74, 6) is 0.485. The van der Waals surface area contributed by atoms with Gasteiger partial charge >= 0.3 is 0 Å². The molecule has 0 fully saturated rings. The van der Waals surface area contributed by atoms with Gasteiger partial charge in [0.25, 0.3) is 0 Å². The molecule has 0 aliphatic carbocycles. The summed E-state index contributed by atoms with van der Waals surface area (Å²) in [5, 5.41) is 0. The molecular weight excluding hydrogens is 613 g/mol. The molecule has 0 spiro atoms. The van der Waals surface area contributed by atoms with Crippen LogP contribution in [0.25, 0.3) is 0 Å². The van der Waals surface area contributed by atoms with Crippen molar-refractivity contribution in [3.8, 4) is 0 Å². The molecule has 0 saturated heterocycles. The van der Waals surface area contributed by atoms with E-state index in [1.54, 1.807) is 0 Å². The first-order valence-corrected chi connectivity index (χ1v) is 18.9. The van der Waals surface area contributed by atoms with Crippen LogP contribution in [0.5, 0.6) is 0 Å². The van der Waals surface area contributed by atoms with Gasteiger partial charge in [0, 0.05) is 58.6 Å². The molecule has 6 heterocycles. The zero-order valence-electron chi connectivity index (χ0n) is 27.3. The lowest BCUT2D eigenvalue weighted by atomic mass is 9.86. The van der Waals surface area contributed by atoms with Crippen molar-refractivity contribution >= 4 is 21.3 Å². The highest BCUT2D eigenvalue weighted by atomic mass is 28.2. The summed E-state index contributed by atoms with van der Waals surface area (Å²) in [6.45, 7) is 0. The minimum absolute atomic E-state index is 0.0305. The number of hydrogen-bond donors (Lipinski definition) is 0. The summed E-state index contributed by atoms with van der Waals surface area (Å²) in [4.78, 5) is 11.3. The van der Waals surface area contributed by atoms with Crippen LogP contribution in [0.2, 0.25) is 0 Å². The molecule has 1 aromatic heterocycles. The van der Waals surface area contributed by atoms with Crippen LogP contribution in [0, 0.1) is 0 Å². The average Bonchev–Trinajstić information content (AvgIpc) is 3.98. The van der Waals surface area contributed by atoms with E-state index < -0.39 is 9.84 Å². The lowest BCUT2D eigenvalue weighted by Gasteiger charge is -2.41. The Balaban J connectivity index is 1.26. The van der Waals surface area contributed by atoms with Crippen molar-refractivity contribution < 1.29 is 0 Å². The number of aromatic nitrogens is 1. The van der Waals surface area contributed by atoms with Gasteiger partial charge in [0.05, 0.1) is 12.1 Å². The van der Waals surface area contributed by atoms with Crippen molar-refractivity contribution in [1.29, 1.82) is 0 Å². The fourth-order valence-corrected chi connectivity index (χ4v) is 11.6. The molecule has 49 heavy (non-hydrogen) atoms. The predicted octanol–water partition coefficient (Wildman–Crippen LogP) is 7.56. The highest BCUT2D eigenvalue weighted by molar-refractivity contribution is 6.32. The second-order valence-electron chi connectivity index (χ2n) is 14.0. The van der Waals surface area contributed by atoms with Gasteiger partial charge in [0.15, 0.2) is 0 Å². The fourth-order valence-electron chi connectivity index (χ4n) is 9.27. The smallest absolute Gasteiger partial charge is 0.207 e. The Bertz CT molecular complexity index is 2000. The maximum Gasteiger partial charge on any atom is 0.207 e. The van der Waals surface area contributed by atoms with Gasteiger partial charge in [-0.2, -0.15) is 0 Å². The van der Waals surface area contributed by atoms with E-state index in [1.165, 1.54) is 45.1 Å². The molecule has 6 bridgehead atoms. The molecule has 0 N–H and O–H groups in total. The van der Waals surface area contributed by atoms with Crippen LogP contribution in [0.15, 0.2) is 180 Å². The van der Waals surface area contributed by atoms with Crippen LogP contribution in [0.4, 0.5) is 0 Å². The highest BCUT2D eigenvalue weighted by Gasteiger charge is 2.46. The largest absolute Gasteiger partial charge is 0.366 e. The number of hydrogen-bond acceptors (Lipinski definition) is 3. The van der Waals surface area contributed by atoms with Gasteiger partial charge in [-0.1, -0.05) is 146 Å². The molecule has 238 valence electrons. The Morgan fingerprint density at radius 1 is 0.408 bits per heavy atom. The average molecular weight is 651 g/mol. The van der Waals surface area contributed by atoms with Crippen LogP contribution in [0.3, 0.4) is 0 Å². The van der Waals surface area contributed by atoms with Crippen molar-refractivity contribution in [3.05, 3.63) is 204 Å². The van der Waals surface area contributed by atoms with Crippen LogP contribution < -0.4 is 0 Å². The molecule has 8 atom stereocenters. The van der Waals surface area contributed by atoms with Gasteiger partial charge in [-0.25, -0.2) is 0 Å². The van der Waals surface area contributed by atoms with E-state index in [-0.39, 0.29) is 47.8 Å². The molecule has 5 aliphatic heterocycles. The number of nitrogens with zero attached hydrogens (tertiary/aromatic N) is 4. The Hall–Kier alpha value is -5.10. The van der Waals surface area contributed by atoms with Gasteiger partial charge in [0.2, 0.25) is 9.84 Å². The molecule has 5 heteroatoms. The number of rotatable bonds is 4. The van der Waals surface area contributed by atoms with Crippen molar-refractivity contribution in [3.63, 3.8) is 0 Å². The topological polar surface area (TPSA) is 32.9 Å². The third-order valence-corrected chi connectivity index (χ3v) is 13.6. The maximum absolute atomic E-state index is 5.65. The summed E-state index contributed by atoms with van der Waals surface area (Å²) in [5.41, 5.74) is 10.4. The lowest BCUT2D eigenvalue weighted by Crippen LogP contribution is -2.51. The molecule has 0 saturated carbocycles. The summed E-state index contributed by atoms with van der Waals surface area (Å²) in [6.07, 6.45) is 14.5. The maximum atomic E-state index is 5.65. The minimum atomic E-state index is -1.10. The molecule has 4 nitrogen and oxygen atoms in total. The standard InChI is InChI=1S/C44H38N4Si/c1-5-13-29(14-6-1)41-33-21-22-34(45-33)42(30-15-7-2-8-16-30)39-27-28-40-44(32-19-11-4-12-20-32)36-24-23-35(46-36)43(31-17-9-3-10-18-31)38-26-25-37(41)47(38)49-48(39)40/h1-28,33,35,39-44H,49H2/t33-,35+,39-,40?,41?,42?,43?,44+/m0/s1. The van der Waals surface area contributed by atoms with Crippen LogP contribution in [0.1, 0.15) is 57.3 Å². The first kappa shape index (κ1) is 28.9. The van der Waals surface area contributed by atoms with Crippen molar-refractivity contribution in [2.75, 3.05) is 0 Å². The third kappa shape index (κ3) is 4.75. The first-order valence-electron chi connectivity index (χ1n) is 17.7. The monoisotopic (exact) mass is 650 g/mol. The number of aliphatic imine (C=N–C) groups is 2. The summed E-state index contributed by atoms with van der Waals surface area (Å²) in [6, 6.07) is 49.7. The number of benzene rings is 4. The van der Waals surface area contributed by atoms with Gasteiger partial charge in [0.1, 0.15) is 0 Å². The first-order chi connectivity index (χ1) is 24.3. The summed E-state index contributed by atoms with van der Waals surface area (Å²) >= 11 is 0. The normalized spacial score (nSPS) is 30.0. The zero-order chi connectivity index (χ0) is 32.3. The van der Waals surface area contributed by atoms with Gasteiger partial charge < -0.3 is 4.23 Å². The van der Waals surface area contributed by atoms with E-state index in [2.05, 4.69) is 179 Å². The molecular formula is C44H38N4Si. The van der Waals surface area contributed by atoms with E-state index in [9.17, 15) is 0 Å². The molecule has 0 amide bonds. The van der Waals surface area contributed by atoms with E-state index in [1.807, 2.05) is 0 Å². The van der Waals surface area contributed by atoms with Crippen LogP contribution in [-0.4, -0.2) is 54.2 Å².